The molecule has 0 N–H and O–H groups in total. The van der Waals surface area contributed by atoms with Crippen molar-refractivity contribution in [3.8, 4) is 28.1 Å². The number of benzene rings is 5. The molecule has 0 saturated carbocycles. The van der Waals surface area contributed by atoms with Gasteiger partial charge in [-0.2, -0.15) is 0 Å². The van der Waals surface area contributed by atoms with Crippen LogP contribution >= 0.6 is 0 Å². The number of hydrogen-bond acceptors (Lipinski definition) is 3. The molecule has 0 bridgehead atoms. The monoisotopic (exact) mass is 554 g/mol. The summed E-state index contributed by atoms with van der Waals surface area (Å²) in [4.78, 5) is 18.9. The Hall–Kier alpha value is -5.48. The maximum Gasteiger partial charge on any atom is 0.201 e. The Bertz CT molecular complexity index is 2500. The Kier molecular flexibility index (Phi) is 4.79. The Morgan fingerprint density at radius 2 is 1.35 bits per heavy atom. The highest BCUT2D eigenvalue weighted by Gasteiger charge is 2.37. The van der Waals surface area contributed by atoms with Crippen molar-refractivity contribution < 1.29 is 4.42 Å². The molecule has 0 unspecified atom stereocenters. The fourth-order valence-corrected chi connectivity index (χ4v) is 7.09. The summed E-state index contributed by atoms with van der Waals surface area (Å²) in [6, 6.07) is 41.2. The van der Waals surface area contributed by atoms with Crippen molar-refractivity contribution in [1.82, 2.24) is 9.55 Å². The summed E-state index contributed by atoms with van der Waals surface area (Å²) in [5.74, 6) is 0. The number of para-hydroxylation sites is 2. The fraction of sp³-hybridized carbons (Fsp3) is 0.0769. The first-order valence-electron chi connectivity index (χ1n) is 14.6. The van der Waals surface area contributed by atoms with Gasteiger partial charge < -0.3 is 8.98 Å². The third kappa shape index (κ3) is 3.26. The van der Waals surface area contributed by atoms with E-state index in [1.807, 2.05) is 42.5 Å². The molecule has 0 amide bonds. The van der Waals surface area contributed by atoms with Crippen LogP contribution in [0.15, 0.2) is 131 Å². The SMILES string of the molecule is CC1(C)c2ccccc2-c2nc3c4ccccc4n(-c4ccc(-c5cccc6oc7ccccc7c(=O)c56)cc4)c3cc21. The zero-order chi connectivity index (χ0) is 28.9. The topological polar surface area (TPSA) is 48.0 Å². The Labute approximate surface area is 247 Å². The van der Waals surface area contributed by atoms with E-state index in [0.717, 1.165) is 44.4 Å². The lowest BCUT2D eigenvalue weighted by Gasteiger charge is -2.21. The van der Waals surface area contributed by atoms with Crippen LogP contribution in [0.1, 0.15) is 25.0 Å². The number of hydrogen-bond donors (Lipinski definition) is 0. The van der Waals surface area contributed by atoms with Gasteiger partial charge in [0.1, 0.15) is 11.2 Å². The summed E-state index contributed by atoms with van der Waals surface area (Å²) in [5.41, 5.74) is 12.0. The van der Waals surface area contributed by atoms with Gasteiger partial charge in [0.2, 0.25) is 5.43 Å². The van der Waals surface area contributed by atoms with Gasteiger partial charge in [0.05, 0.1) is 33.0 Å². The van der Waals surface area contributed by atoms with E-state index in [2.05, 4.69) is 97.3 Å². The Balaban J connectivity index is 1.25. The molecule has 204 valence electrons. The maximum atomic E-state index is 13.6. The molecule has 0 spiro atoms. The van der Waals surface area contributed by atoms with Gasteiger partial charge in [-0.1, -0.05) is 92.7 Å². The molecule has 4 heteroatoms. The molecule has 1 aliphatic rings. The summed E-state index contributed by atoms with van der Waals surface area (Å²) < 4.78 is 8.45. The minimum atomic E-state index is -0.141. The van der Waals surface area contributed by atoms with Crippen molar-refractivity contribution in [3.05, 3.63) is 143 Å². The van der Waals surface area contributed by atoms with Crippen LogP contribution in [0.3, 0.4) is 0 Å². The van der Waals surface area contributed by atoms with Crippen LogP contribution in [0.4, 0.5) is 0 Å². The third-order valence-electron chi connectivity index (χ3n) is 9.21. The Morgan fingerprint density at radius 3 is 2.21 bits per heavy atom. The van der Waals surface area contributed by atoms with Crippen LogP contribution in [0.2, 0.25) is 0 Å². The lowest BCUT2D eigenvalue weighted by Crippen LogP contribution is -2.15. The van der Waals surface area contributed by atoms with Gasteiger partial charge >= 0.3 is 0 Å². The summed E-state index contributed by atoms with van der Waals surface area (Å²) >= 11 is 0. The molecule has 0 saturated heterocycles. The van der Waals surface area contributed by atoms with Crippen molar-refractivity contribution in [2.24, 2.45) is 0 Å². The first kappa shape index (κ1) is 24.2. The lowest BCUT2D eigenvalue weighted by molar-refractivity contribution is 0.659. The average Bonchev–Trinajstić information content (AvgIpc) is 3.48. The van der Waals surface area contributed by atoms with E-state index in [9.17, 15) is 4.79 Å². The lowest BCUT2D eigenvalue weighted by atomic mass is 9.83. The predicted octanol–water partition coefficient (Wildman–Crippen LogP) is 9.41. The number of fused-ring (bicyclic) bond motifs is 8. The van der Waals surface area contributed by atoms with Crippen LogP contribution < -0.4 is 5.43 Å². The summed E-state index contributed by atoms with van der Waals surface area (Å²) in [6.45, 7) is 4.58. The molecule has 0 atom stereocenters. The summed E-state index contributed by atoms with van der Waals surface area (Å²) in [6.07, 6.45) is 0. The molecule has 3 heterocycles. The normalized spacial score (nSPS) is 13.6. The van der Waals surface area contributed by atoms with Crippen LogP contribution in [0.5, 0.6) is 0 Å². The van der Waals surface area contributed by atoms with E-state index in [0.29, 0.717) is 21.9 Å². The smallest absolute Gasteiger partial charge is 0.201 e. The molecule has 3 aromatic heterocycles. The fourth-order valence-electron chi connectivity index (χ4n) is 7.09. The molecule has 0 fully saturated rings. The molecule has 4 nitrogen and oxygen atoms in total. The summed E-state index contributed by atoms with van der Waals surface area (Å²) in [7, 11) is 0. The highest BCUT2D eigenvalue weighted by Crippen LogP contribution is 2.49. The van der Waals surface area contributed by atoms with E-state index in [4.69, 9.17) is 9.40 Å². The quantitative estimate of drug-likeness (QED) is 0.200. The zero-order valence-corrected chi connectivity index (χ0v) is 23.8. The molecule has 9 rings (SSSR count). The second-order valence-electron chi connectivity index (χ2n) is 11.9. The van der Waals surface area contributed by atoms with Crippen molar-refractivity contribution >= 4 is 43.9 Å². The molecular formula is C39H26N2O2. The van der Waals surface area contributed by atoms with Crippen LogP contribution in [0, 0.1) is 0 Å². The molecule has 1 aliphatic carbocycles. The van der Waals surface area contributed by atoms with E-state index in [1.54, 1.807) is 0 Å². The first-order valence-corrected chi connectivity index (χ1v) is 14.6. The zero-order valence-electron chi connectivity index (χ0n) is 23.8. The van der Waals surface area contributed by atoms with Crippen LogP contribution in [-0.2, 0) is 5.41 Å². The molecule has 43 heavy (non-hydrogen) atoms. The van der Waals surface area contributed by atoms with Crippen LogP contribution in [0.25, 0.3) is 71.9 Å². The van der Waals surface area contributed by atoms with E-state index in [-0.39, 0.29) is 10.8 Å². The van der Waals surface area contributed by atoms with E-state index >= 15 is 0 Å². The van der Waals surface area contributed by atoms with Crippen LogP contribution in [-0.4, -0.2) is 9.55 Å². The largest absolute Gasteiger partial charge is 0.456 e. The minimum absolute atomic E-state index is 0.0116. The first-order chi connectivity index (χ1) is 21.0. The number of aromatic nitrogens is 2. The van der Waals surface area contributed by atoms with Gasteiger partial charge in [-0.15, -0.1) is 0 Å². The van der Waals surface area contributed by atoms with Gasteiger partial charge in [-0.05, 0) is 64.7 Å². The minimum Gasteiger partial charge on any atom is -0.456 e. The number of pyridine rings is 1. The van der Waals surface area contributed by atoms with E-state index in [1.165, 1.54) is 16.7 Å². The number of rotatable bonds is 2. The second kappa shape index (κ2) is 8.52. The van der Waals surface area contributed by atoms with Gasteiger partial charge in [-0.3, -0.25) is 4.79 Å². The third-order valence-corrected chi connectivity index (χ3v) is 9.21. The second-order valence-corrected chi connectivity index (χ2v) is 11.9. The van der Waals surface area contributed by atoms with Gasteiger partial charge in [0.25, 0.3) is 0 Å². The highest BCUT2D eigenvalue weighted by molar-refractivity contribution is 6.08. The standard InChI is InChI=1S/C39H26N2O2/c1-39(2)29-14-6-3-10-26(29)36-30(39)22-32-37(40-36)27-11-4-7-15-31(27)41(32)24-20-18-23(19-21-24)25-13-9-17-34-35(25)38(42)28-12-5-8-16-33(28)43-34/h3-22H,1-2H3. The van der Waals surface area contributed by atoms with Crippen molar-refractivity contribution in [3.63, 3.8) is 0 Å². The molecule has 5 aromatic carbocycles. The van der Waals surface area contributed by atoms with Crippen molar-refractivity contribution in [2.75, 3.05) is 0 Å². The predicted molar refractivity (Wildman–Crippen MR) is 175 cm³/mol. The summed E-state index contributed by atoms with van der Waals surface area (Å²) in [5, 5.41) is 2.33. The molecule has 0 aliphatic heterocycles. The highest BCUT2D eigenvalue weighted by atomic mass is 16.3. The van der Waals surface area contributed by atoms with Gasteiger partial charge in [0, 0.05) is 22.1 Å². The average molecular weight is 555 g/mol. The van der Waals surface area contributed by atoms with E-state index < -0.39 is 0 Å². The maximum absolute atomic E-state index is 13.6. The van der Waals surface area contributed by atoms with Gasteiger partial charge in [0.15, 0.2) is 0 Å². The molecule has 8 aromatic rings. The molecular weight excluding hydrogens is 528 g/mol. The molecule has 0 radical (unpaired) electrons. The number of nitrogens with zero attached hydrogens (tertiary/aromatic N) is 2. The van der Waals surface area contributed by atoms with Crippen molar-refractivity contribution in [1.29, 1.82) is 0 Å². The van der Waals surface area contributed by atoms with Crippen molar-refractivity contribution in [2.45, 2.75) is 19.3 Å². The van der Waals surface area contributed by atoms with Gasteiger partial charge in [-0.25, -0.2) is 4.98 Å². The Morgan fingerprint density at radius 1 is 0.651 bits per heavy atom.